The topological polar surface area (TPSA) is 88.9 Å². The van der Waals surface area contributed by atoms with Gasteiger partial charge in [-0.2, -0.15) is 5.26 Å². The van der Waals surface area contributed by atoms with Crippen LogP contribution in [0, 0.1) is 11.3 Å². The average molecular weight is 563 g/mol. The Kier molecular flexibility index (Phi) is 9.37. The number of carbonyl (C=O) groups excluding carboxylic acids is 2. The molecule has 1 saturated heterocycles. The molecule has 1 N–H and O–H groups in total. The van der Waals surface area contributed by atoms with Crippen LogP contribution >= 0.6 is 35.4 Å². The van der Waals surface area contributed by atoms with E-state index in [1.54, 1.807) is 49.1 Å². The van der Waals surface area contributed by atoms with Gasteiger partial charge in [-0.25, -0.2) is 4.79 Å². The molecule has 0 spiro atoms. The molecule has 2 aromatic carbocycles. The summed E-state index contributed by atoms with van der Waals surface area (Å²) in [5, 5.41) is 12.6. The normalized spacial score (nSPS) is 14.8. The number of thiocarbonyl (C=S) groups is 1. The molecule has 0 unspecified atom stereocenters. The Morgan fingerprint density at radius 3 is 2.43 bits per heavy atom. The van der Waals surface area contributed by atoms with Crippen molar-refractivity contribution in [3.05, 3.63) is 52.0 Å². The van der Waals surface area contributed by atoms with Crippen LogP contribution in [0.4, 0.5) is 21.9 Å². The number of anilines is 3. The number of nitrogens with one attached hydrogen (secondary N) is 1. The highest BCUT2D eigenvalue weighted by Crippen LogP contribution is 2.39. The van der Waals surface area contributed by atoms with Crippen molar-refractivity contribution < 1.29 is 14.3 Å². The largest absolute Gasteiger partial charge is 0.449 e. The number of benzene rings is 2. The standard InChI is InChI=1S/C26H29Cl2N5O3S/c1-5-31(6-2)12-7-13-36-24(35)30-22-15-19(10-11-20(22)27)33-25(37)32(23(34)26(33,3)4)18-9-8-17(16-29)21(28)14-18/h8-11,14-15H,5-7,12-13H2,1-4H3,(H,30,35). The summed E-state index contributed by atoms with van der Waals surface area (Å²) in [6.07, 6.45) is 0.0999. The third-order valence-corrected chi connectivity index (χ3v) is 7.20. The van der Waals surface area contributed by atoms with Crippen LogP contribution in [0.2, 0.25) is 10.0 Å². The Morgan fingerprint density at radius 2 is 1.81 bits per heavy atom. The number of carbonyl (C=O) groups is 2. The van der Waals surface area contributed by atoms with Crippen molar-refractivity contribution in [3.8, 4) is 6.07 Å². The Morgan fingerprint density at radius 1 is 1.14 bits per heavy atom. The van der Waals surface area contributed by atoms with Gasteiger partial charge in [0.1, 0.15) is 11.6 Å². The molecule has 3 rings (SSSR count). The Hall–Kier alpha value is -2.90. The van der Waals surface area contributed by atoms with Gasteiger partial charge < -0.3 is 14.5 Å². The molecule has 1 aliphatic rings. The molecular weight excluding hydrogens is 533 g/mol. The number of hydrogen-bond acceptors (Lipinski definition) is 6. The number of ether oxygens (including phenoxy) is 1. The van der Waals surface area contributed by atoms with Crippen LogP contribution in [-0.4, -0.2) is 53.8 Å². The van der Waals surface area contributed by atoms with Crippen LogP contribution in [-0.2, 0) is 9.53 Å². The number of nitriles is 1. The number of rotatable bonds is 9. The summed E-state index contributed by atoms with van der Waals surface area (Å²) >= 11 is 18.3. The molecule has 0 atom stereocenters. The third kappa shape index (κ3) is 6.16. The van der Waals surface area contributed by atoms with E-state index in [9.17, 15) is 9.59 Å². The van der Waals surface area contributed by atoms with E-state index in [2.05, 4.69) is 24.1 Å². The highest BCUT2D eigenvalue weighted by Gasteiger charge is 2.50. The molecule has 0 bridgehead atoms. The third-order valence-electron chi connectivity index (χ3n) is 6.19. The monoisotopic (exact) mass is 561 g/mol. The van der Waals surface area contributed by atoms with Crippen molar-refractivity contribution in [2.24, 2.45) is 0 Å². The second kappa shape index (κ2) is 12.1. The average Bonchev–Trinajstić information content (AvgIpc) is 3.04. The molecule has 11 heteroatoms. The molecule has 196 valence electrons. The highest BCUT2D eigenvalue weighted by atomic mass is 35.5. The summed E-state index contributed by atoms with van der Waals surface area (Å²) in [7, 11) is 0. The van der Waals surface area contributed by atoms with Gasteiger partial charge in [0.2, 0.25) is 0 Å². The summed E-state index contributed by atoms with van der Waals surface area (Å²) < 4.78 is 5.32. The van der Waals surface area contributed by atoms with Gasteiger partial charge in [-0.1, -0.05) is 37.0 Å². The van der Waals surface area contributed by atoms with Gasteiger partial charge in [-0.05, 0) is 82.0 Å². The zero-order valence-electron chi connectivity index (χ0n) is 21.2. The molecule has 2 aromatic rings. The van der Waals surface area contributed by atoms with E-state index in [1.165, 1.54) is 11.0 Å². The molecule has 0 aliphatic carbocycles. The minimum absolute atomic E-state index is 0.223. The van der Waals surface area contributed by atoms with Crippen LogP contribution in [0.15, 0.2) is 36.4 Å². The second-order valence-corrected chi connectivity index (χ2v) is 10.1. The lowest BCUT2D eigenvalue weighted by molar-refractivity contribution is -0.120. The number of amides is 2. The smallest absolute Gasteiger partial charge is 0.411 e. The maximum atomic E-state index is 13.4. The van der Waals surface area contributed by atoms with Gasteiger partial charge in [0, 0.05) is 12.2 Å². The van der Waals surface area contributed by atoms with Crippen molar-refractivity contribution in [2.45, 2.75) is 39.7 Å². The molecule has 1 fully saturated rings. The van der Waals surface area contributed by atoms with Gasteiger partial charge in [-0.15, -0.1) is 0 Å². The highest BCUT2D eigenvalue weighted by molar-refractivity contribution is 7.81. The molecule has 37 heavy (non-hydrogen) atoms. The molecule has 8 nitrogen and oxygen atoms in total. The molecular formula is C26H29Cl2N5O3S. The Bertz CT molecular complexity index is 1240. The fourth-order valence-corrected chi connectivity index (χ4v) is 4.98. The predicted molar refractivity (Wildman–Crippen MR) is 152 cm³/mol. The lowest BCUT2D eigenvalue weighted by atomic mass is 10.0. The van der Waals surface area contributed by atoms with E-state index in [4.69, 9.17) is 45.4 Å². The van der Waals surface area contributed by atoms with Gasteiger partial charge in [0.05, 0.1) is 33.6 Å². The van der Waals surface area contributed by atoms with E-state index in [0.29, 0.717) is 27.6 Å². The summed E-state index contributed by atoms with van der Waals surface area (Å²) in [5.41, 5.74) is 0.598. The van der Waals surface area contributed by atoms with Gasteiger partial charge in [0.25, 0.3) is 5.91 Å². The molecule has 1 aliphatic heterocycles. The van der Waals surface area contributed by atoms with E-state index in [1.807, 2.05) is 6.07 Å². The minimum Gasteiger partial charge on any atom is -0.449 e. The van der Waals surface area contributed by atoms with Crippen LogP contribution in [0.3, 0.4) is 0 Å². The Balaban J connectivity index is 1.79. The molecule has 0 aromatic heterocycles. The zero-order valence-corrected chi connectivity index (χ0v) is 23.5. The van der Waals surface area contributed by atoms with Crippen molar-refractivity contribution in [2.75, 3.05) is 41.4 Å². The predicted octanol–water partition coefficient (Wildman–Crippen LogP) is 6.06. The first kappa shape index (κ1) is 28.7. The van der Waals surface area contributed by atoms with Crippen LogP contribution < -0.4 is 15.1 Å². The maximum absolute atomic E-state index is 13.4. The van der Waals surface area contributed by atoms with E-state index in [0.717, 1.165) is 26.1 Å². The summed E-state index contributed by atoms with van der Waals surface area (Å²) in [4.78, 5) is 31.1. The first-order valence-corrected chi connectivity index (χ1v) is 13.1. The number of nitrogens with zero attached hydrogens (tertiary/aromatic N) is 4. The fourth-order valence-electron chi connectivity index (χ4n) is 4.08. The van der Waals surface area contributed by atoms with Crippen molar-refractivity contribution in [1.29, 1.82) is 5.26 Å². The van der Waals surface area contributed by atoms with Crippen molar-refractivity contribution >= 4 is 69.6 Å². The Labute approximate surface area is 232 Å². The lowest BCUT2D eigenvalue weighted by Crippen LogP contribution is -2.44. The van der Waals surface area contributed by atoms with Gasteiger partial charge in [0.15, 0.2) is 5.11 Å². The SMILES string of the molecule is CCN(CC)CCCOC(=O)Nc1cc(N2C(=S)N(c3ccc(C#N)c(Cl)c3)C(=O)C2(C)C)ccc1Cl. The van der Waals surface area contributed by atoms with Gasteiger partial charge >= 0.3 is 6.09 Å². The van der Waals surface area contributed by atoms with Crippen LogP contribution in [0.1, 0.15) is 39.7 Å². The fraction of sp³-hybridized carbons (Fsp3) is 0.385. The van der Waals surface area contributed by atoms with Crippen molar-refractivity contribution in [1.82, 2.24) is 4.90 Å². The molecule has 0 radical (unpaired) electrons. The number of hydrogen-bond donors (Lipinski definition) is 1. The first-order chi connectivity index (χ1) is 17.5. The number of halogens is 2. The van der Waals surface area contributed by atoms with E-state index in [-0.39, 0.29) is 22.6 Å². The lowest BCUT2D eigenvalue weighted by Gasteiger charge is -2.30. The van der Waals surface area contributed by atoms with E-state index < -0.39 is 11.6 Å². The van der Waals surface area contributed by atoms with Crippen LogP contribution in [0.5, 0.6) is 0 Å². The molecule has 1 heterocycles. The summed E-state index contributed by atoms with van der Waals surface area (Å²) in [6, 6.07) is 11.7. The first-order valence-electron chi connectivity index (χ1n) is 11.9. The maximum Gasteiger partial charge on any atom is 0.411 e. The van der Waals surface area contributed by atoms with Crippen molar-refractivity contribution in [3.63, 3.8) is 0 Å². The summed E-state index contributed by atoms with van der Waals surface area (Å²) in [5.74, 6) is -0.268. The summed E-state index contributed by atoms with van der Waals surface area (Å²) in [6.45, 7) is 10.7. The minimum atomic E-state index is -1.05. The van der Waals surface area contributed by atoms with E-state index >= 15 is 0 Å². The zero-order chi connectivity index (χ0) is 27.3. The van der Waals surface area contributed by atoms with Crippen LogP contribution in [0.25, 0.3) is 0 Å². The molecule has 0 saturated carbocycles. The molecule has 2 amide bonds. The second-order valence-electron chi connectivity index (χ2n) is 8.90. The van der Waals surface area contributed by atoms with Gasteiger partial charge in [-0.3, -0.25) is 15.0 Å². The quantitative estimate of drug-likeness (QED) is 0.294.